The third-order valence-electron chi connectivity index (χ3n) is 7.40. The highest BCUT2D eigenvalue weighted by molar-refractivity contribution is 5.79. The summed E-state index contributed by atoms with van der Waals surface area (Å²) in [5.41, 5.74) is 2.68. The minimum atomic E-state index is 0.194. The van der Waals surface area contributed by atoms with Crippen molar-refractivity contribution in [1.82, 2.24) is 15.1 Å². The number of rotatable bonds is 8. The zero-order valence-corrected chi connectivity index (χ0v) is 19.4. The molecule has 0 aromatic heterocycles. The molecule has 4 rings (SSSR count). The quantitative estimate of drug-likeness (QED) is 0.618. The second kappa shape index (κ2) is 11.6. The van der Waals surface area contributed by atoms with Crippen molar-refractivity contribution >= 4 is 11.8 Å². The summed E-state index contributed by atoms with van der Waals surface area (Å²) in [6.07, 6.45) is 12.3. The number of piperidine rings is 1. The highest BCUT2D eigenvalue weighted by atomic mass is 16.2. The highest BCUT2D eigenvalue weighted by Gasteiger charge is 2.26. The normalized spacial score (nSPS) is 22.6. The average Bonchev–Trinajstić information content (AvgIpc) is 3.26. The van der Waals surface area contributed by atoms with Crippen molar-refractivity contribution in [2.75, 3.05) is 26.2 Å². The van der Waals surface area contributed by atoms with Crippen LogP contribution in [0.3, 0.4) is 0 Å². The fourth-order valence-corrected chi connectivity index (χ4v) is 5.41. The number of allylic oxidation sites excluding steroid dienone is 1. The van der Waals surface area contributed by atoms with Crippen LogP contribution in [0.25, 0.3) is 0 Å². The molecule has 2 saturated heterocycles. The minimum absolute atomic E-state index is 0.194. The van der Waals surface area contributed by atoms with Gasteiger partial charge in [-0.25, -0.2) is 0 Å². The fourth-order valence-electron chi connectivity index (χ4n) is 5.41. The summed E-state index contributed by atoms with van der Waals surface area (Å²) in [5.74, 6) is 1.06. The number of carbonyl (C=O) groups is 2. The first kappa shape index (κ1) is 23.0. The van der Waals surface area contributed by atoms with Gasteiger partial charge in [-0.1, -0.05) is 42.0 Å². The number of amides is 2. The molecular weight excluding hydrogens is 398 g/mol. The van der Waals surface area contributed by atoms with Crippen molar-refractivity contribution in [3.05, 3.63) is 47.5 Å². The van der Waals surface area contributed by atoms with Crippen molar-refractivity contribution in [3.63, 3.8) is 0 Å². The number of nitrogens with zero attached hydrogens (tertiary/aromatic N) is 2. The van der Waals surface area contributed by atoms with Gasteiger partial charge in [0.15, 0.2) is 0 Å². The Morgan fingerprint density at radius 2 is 1.81 bits per heavy atom. The lowest BCUT2D eigenvalue weighted by Crippen LogP contribution is -2.39. The number of hydrogen-bond donors (Lipinski definition) is 1. The molecule has 1 aromatic rings. The molecule has 1 atom stereocenters. The predicted molar refractivity (Wildman–Crippen MR) is 128 cm³/mol. The fraction of sp³-hybridized carbons (Fsp3) is 0.630. The summed E-state index contributed by atoms with van der Waals surface area (Å²) in [7, 11) is 0. The van der Waals surface area contributed by atoms with E-state index in [1.165, 1.54) is 24.0 Å². The Labute approximate surface area is 193 Å². The Hall–Kier alpha value is -2.14. The van der Waals surface area contributed by atoms with E-state index in [1.807, 2.05) is 11.0 Å². The molecule has 3 aliphatic rings. The number of carbonyl (C=O) groups excluding carboxylic acids is 2. The third kappa shape index (κ3) is 6.93. The molecule has 0 spiro atoms. The van der Waals surface area contributed by atoms with Crippen molar-refractivity contribution in [2.45, 2.75) is 76.8 Å². The molecule has 174 valence electrons. The Balaban J connectivity index is 1.10. The molecular formula is C27H39N3O2. The standard InChI is InChI=1S/C27H39N3O2/c31-26(28-25-15-16-29(21-25)20-24-9-5-2-6-10-24)12-11-22-13-17-30(18-14-22)27(32)19-23-7-3-1-4-8-23/h2,5-7,9-10,22,25H,1,3-4,8,11-21H2,(H,28,31). The van der Waals surface area contributed by atoms with E-state index in [2.05, 4.69) is 40.6 Å². The zero-order chi connectivity index (χ0) is 22.2. The molecule has 2 aliphatic heterocycles. The van der Waals surface area contributed by atoms with Crippen LogP contribution in [0.5, 0.6) is 0 Å². The second-order valence-corrected chi connectivity index (χ2v) is 9.92. The van der Waals surface area contributed by atoms with Crippen LogP contribution in [-0.4, -0.2) is 53.8 Å². The maximum atomic E-state index is 12.6. The van der Waals surface area contributed by atoms with Gasteiger partial charge in [-0.3, -0.25) is 14.5 Å². The molecule has 1 aliphatic carbocycles. The van der Waals surface area contributed by atoms with Crippen LogP contribution >= 0.6 is 0 Å². The first-order valence-electron chi connectivity index (χ1n) is 12.7. The molecule has 2 fully saturated rings. The topological polar surface area (TPSA) is 52.7 Å². The monoisotopic (exact) mass is 437 g/mol. The summed E-state index contributed by atoms with van der Waals surface area (Å²) >= 11 is 0. The summed E-state index contributed by atoms with van der Waals surface area (Å²) < 4.78 is 0. The van der Waals surface area contributed by atoms with Gasteiger partial charge in [0, 0.05) is 51.6 Å². The van der Waals surface area contributed by atoms with Crippen LogP contribution in [0, 0.1) is 5.92 Å². The van der Waals surface area contributed by atoms with E-state index in [0.717, 1.165) is 71.2 Å². The van der Waals surface area contributed by atoms with E-state index in [9.17, 15) is 9.59 Å². The van der Waals surface area contributed by atoms with Crippen LogP contribution in [-0.2, 0) is 16.1 Å². The largest absolute Gasteiger partial charge is 0.352 e. The number of likely N-dealkylation sites (tertiary alicyclic amines) is 2. The molecule has 5 heteroatoms. The molecule has 5 nitrogen and oxygen atoms in total. The van der Waals surface area contributed by atoms with Gasteiger partial charge < -0.3 is 10.2 Å². The molecule has 32 heavy (non-hydrogen) atoms. The minimum Gasteiger partial charge on any atom is -0.352 e. The maximum absolute atomic E-state index is 12.6. The van der Waals surface area contributed by atoms with Crippen molar-refractivity contribution in [1.29, 1.82) is 0 Å². The summed E-state index contributed by atoms with van der Waals surface area (Å²) in [6.45, 7) is 4.66. The number of benzene rings is 1. The van der Waals surface area contributed by atoms with Crippen LogP contribution in [0.15, 0.2) is 42.0 Å². The van der Waals surface area contributed by atoms with E-state index >= 15 is 0 Å². The Morgan fingerprint density at radius 3 is 2.56 bits per heavy atom. The lowest BCUT2D eigenvalue weighted by molar-refractivity contribution is -0.132. The Morgan fingerprint density at radius 1 is 1.00 bits per heavy atom. The van der Waals surface area contributed by atoms with Gasteiger partial charge in [0.2, 0.25) is 11.8 Å². The number of hydrogen-bond acceptors (Lipinski definition) is 3. The van der Waals surface area contributed by atoms with E-state index in [-0.39, 0.29) is 11.9 Å². The van der Waals surface area contributed by atoms with Gasteiger partial charge in [0.05, 0.1) is 0 Å². The van der Waals surface area contributed by atoms with Gasteiger partial charge in [0.1, 0.15) is 0 Å². The van der Waals surface area contributed by atoms with Crippen LogP contribution in [0.4, 0.5) is 0 Å². The lowest BCUT2D eigenvalue weighted by Gasteiger charge is -2.32. The average molecular weight is 438 g/mol. The molecule has 0 saturated carbocycles. The Kier molecular flexibility index (Phi) is 8.38. The molecule has 1 N–H and O–H groups in total. The van der Waals surface area contributed by atoms with Crippen molar-refractivity contribution in [3.8, 4) is 0 Å². The molecule has 1 unspecified atom stereocenters. The predicted octanol–water partition coefficient (Wildman–Crippen LogP) is 4.29. The third-order valence-corrected chi connectivity index (χ3v) is 7.40. The zero-order valence-electron chi connectivity index (χ0n) is 19.4. The first-order chi connectivity index (χ1) is 15.7. The Bertz CT molecular complexity index is 783. The summed E-state index contributed by atoms with van der Waals surface area (Å²) in [6, 6.07) is 10.8. The molecule has 0 bridgehead atoms. The van der Waals surface area contributed by atoms with Gasteiger partial charge in [-0.15, -0.1) is 0 Å². The van der Waals surface area contributed by atoms with E-state index in [1.54, 1.807) is 0 Å². The van der Waals surface area contributed by atoms with Gasteiger partial charge in [-0.2, -0.15) is 0 Å². The first-order valence-corrected chi connectivity index (χ1v) is 12.7. The van der Waals surface area contributed by atoms with Crippen LogP contribution in [0.1, 0.15) is 69.8 Å². The smallest absolute Gasteiger partial charge is 0.226 e. The maximum Gasteiger partial charge on any atom is 0.226 e. The van der Waals surface area contributed by atoms with E-state index in [0.29, 0.717) is 24.7 Å². The van der Waals surface area contributed by atoms with Gasteiger partial charge in [0.25, 0.3) is 0 Å². The molecule has 0 radical (unpaired) electrons. The van der Waals surface area contributed by atoms with Gasteiger partial charge in [-0.05, 0) is 62.8 Å². The SMILES string of the molecule is O=C(CCC1CCN(C(=O)CC2=CCCCC2)CC1)NC1CCN(Cc2ccccc2)C1. The second-order valence-electron chi connectivity index (χ2n) is 9.92. The molecule has 2 heterocycles. The summed E-state index contributed by atoms with van der Waals surface area (Å²) in [5, 5.41) is 3.26. The molecule has 2 amide bonds. The summed E-state index contributed by atoms with van der Waals surface area (Å²) in [4.78, 5) is 29.6. The number of nitrogens with one attached hydrogen (secondary N) is 1. The molecule has 1 aromatic carbocycles. The van der Waals surface area contributed by atoms with Crippen molar-refractivity contribution in [2.24, 2.45) is 5.92 Å². The highest BCUT2D eigenvalue weighted by Crippen LogP contribution is 2.25. The van der Waals surface area contributed by atoms with E-state index in [4.69, 9.17) is 0 Å². The van der Waals surface area contributed by atoms with E-state index < -0.39 is 0 Å². The van der Waals surface area contributed by atoms with Gasteiger partial charge >= 0.3 is 0 Å². The van der Waals surface area contributed by atoms with Crippen LogP contribution in [0.2, 0.25) is 0 Å². The van der Waals surface area contributed by atoms with Crippen molar-refractivity contribution < 1.29 is 9.59 Å². The van der Waals surface area contributed by atoms with Crippen LogP contribution < -0.4 is 5.32 Å². The lowest BCUT2D eigenvalue weighted by atomic mass is 9.91.